The maximum Gasteiger partial charge on any atom is 0.282 e. The largest absolute Gasteiger partial charge is 0.327 e. The molecule has 0 N–H and O–H groups in total. The maximum atomic E-state index is 6.13. The summed E-state index contributed by atoms with van der Waals surface area (Å²) >= 11 is 0. The van der Waals surface area contributed by atoms with Crippen LogP contribution in [0.15, 0.2) is 24.3 Å². The molecule has 0 atom stereocenters. The Morgan fingerprint density at radius 3 is 0.840 bits per heavy atom. The monoisotopic (exact) mass is 707 g/mol. The van der Waals surface area contributed by atoms with Crippen LogP contribution < -0.4 is 0 Å². The molecule has 0 heterocycles. The van der Waals surface area contributed by atoms with Crippen LogP contribution in [0.5, 0.6) is 0 Å². The summed E-state index contributed by atoms with van der Waals surface area (Å²) in [6.07, 6.45) is 27.5. The second kappa shape index (κ2) is 32.6. The van der Waals surface area contributed by atoms with Gasteiger partial charge in [-0.3, -0.25) is 0 Å². The SMILES string of the molecule is CCCOC(CCCCCCCCCc1ccccc1CCCCCCCCCC(OCCC)(OCCC)OCCC)(OCCC)OCCC. The lowest BCUT2D eigenvalue weighted by molar-refractivity contribution is -0.384. The van der Waals surface area contributed by atoms with Crippen LogP contribution in [0.2, 0.25) is 0 Å². The topological polar surface area (TPSA) is 55.4 Å². The van der Waals surface area contributed by atoms with Gasteiger partial charge in [0.25, 0.3) is 11.9 Å². The lowest BCUT2D eigenvalue weighted by Crippen LogP contribution is -2.40. The smallest absolute Gasteiger partial charge is 0.282 e. The molecule has 1 aromatic carbocycles. The predicted octanol–water partition coefficient (Wildman–Crippen LogP) is 12.9. The van der Waals surface area contributed by atoms with E-state index in [4.69, 9.17) is 28.4 Å². The number of ether oxygens (including phenoxy) is 6. The van der Waals surface area contributed by atoms with Gasteiger partial charge in [0.1, 0.15) is 0 Å². The number of rotatable bonds is 38. The molecule has 0 amide bonds. The molecule has 294 valence electrons. The molecule has 6 nitrogen and oxygen atoms in total. The highest BCUT2D eigenvalue weighted by atomic mass is 16.9. The lowest BCUT2D eigenvalue weighted by Gasteiger charge is -2.33. The van der Waals surface area contributed by atoms with Crippen molar-refractivity contribution in [3.63, 3.8) is 0 Å². The van der Waals surface area contributed by atoms with Gasteiger partial charge < -0.3 is 28.4 Å². The standard InChI is InChI=1S/C44H82O6/c1-7-35-45-43(46-36-8-2,47-37-9-3)33-27-21-17-13-15-19-23-29-41-31-25-26-32-42(41)30-24-20-16-14-18-22-28-34-44(48-38-10-4,49-39-11-5)50-40-12-6/h25-26,31-32H,7-24,27-30,33-40H2,1-6H3. The Morgan fingerprint density at radius 1 is 0.340 bits per heavy atom. The summed E-state index contributed by atoms with van der Waals surface area (Å²) in [5, 5.41) is 0. The van der Waals surface area contributed by atoms with Crippen LogP contribution in [0.4, 0.5) is 0 Å². The first kappa shape index (κ1) is 47.0. The summed E-state index contributed by atoms with van der Waals surface area (Å²) in [5.41, 5.74) is 3.14. The van der Waals surface area contributed by atoms with Crippen molar-refractivity contribution in [3.8, 4) is 0 Å². The van der Waals surface area contributed by atoms with Gasteiger partial charge in [-0.25, -0.2) is 0 Å². The zero-order valence-electron chi connectivity index (χ0n) is 34.0. The van der Waals surface area contributed by atoms with Crippen molar-refractivity contribution in [3.05, 3.63) is 35.4 Å². The van der Waals surface area contributed by atoms with Gasteiger partial charge in [-0.1, -0.05) is 130 Å². The highest BCUT2D eigenvalue weighted by Gasteiger charge is 2.33. The van der Waals surface area contributed by atoms with Crippen molar-refractivity contribution in [1.29, 1.82) is 0 Å². The molecule has 0 fully saturated rings. The normalized spacial score (nSPS) is 12.3. The average Bonchev–Trinajstić information content (AvgIpc) is 3.14. The number of aryl methyl sites for hydroxylation is 2. The minimum absolute atomic E-state index is 0.680. The Bertz CT molecular complexity index is 748. The maximum absolute atomic E-state index is 6.13. The first-order chi connectivity index (χ1) is 24.5. The van der Waals surface area contributed by atoms with Crippen LogP contribution >= 0.6 is 0 Å². The third-order valence-corrected chi connectivity index (χ3v) is 9.13. The Balaban J connectivity index is 2.26. The number of hydrogen-bond acceptors (Lipinski definition) is 6. The van der Waals surface area contributed by atoms with E-state index >= 15 is 0 Å². The van der Waals surface area contributed by atoms with Crippen molar-refractivity contribution in [2.75, 3.05) is 39.6 Å². The zero-order valence-corrected chi connectivity index (χ0v) is 34.0. The molecule has 0 aliphatic rings. The molecule has 50 heavy (non-hydrogen) atoms. The van der Waals surface area contributed by atoms with Gasteiger partial charge in [0.05, 0.1) is 39.6 Å². The van der Waals surface area contributed by atoms with Crippen molar-refractivity contribution < 1.29 is 28.4 Å². The van der Waals surface area contributed by atoms with Gasteiger partial charge in [-0.2, -0.15) is 0 Å². The first-order valence-corrected chi connectivity index (χ1v) is 21.4. The molecule has 0 aromatic heterocycles. The molecule has 0 bridgehead atoms. The molecule has 0 unspecified atom stereocenters. The summed E-state index contributed by atoms with van der Waals surface area (Å²) in [6, 6.07) is 9.17. The summed E-state index contributed by atoms with van der Waals surface area (Å²) in [7, 11) is 0. The van der Waals surface area contributed by atoms with Crippen LogP contribution in [-0.4, -0.2) is 51.6 Å². The van der Waals surface area contributed by atoms with E-state index in [0.717, 1.165) is 64.2 Å². The van der Waals surface area contributed by atoms with E-state index in [1.165, 1.54) is 89.9 Å². The van der Waals surface area contributed by atoms with Gasteiger partial charge in [-0.15, -0.1) is 0 Å². The molecule has 0 aliphatic heterocycles. The fourth-order valence-corrected chi connectivity index (χ4v) is 6.36. The van der Waals surface area contributed by atoms with Gasteiger partial charge in [-0.05, 0) is 88.2 Å². The molecular formula is C44H82O6. The van der Waals surface area contributed by atoms with Crippen LogP contribution in [0.1, 0.15) is 194 Å². The van der Waals surface area contributed by atoms with E-state index < -0.39 is 11.9 Å². The van der Waals surface area contributed by atoms with Gasteiger partial charge in [0.15, 0.2) is 0 Å². The Kier molecular flexibility index (Phi) is 30.7. The number of benzene rings is 1. The van der Waals surface area contributed by atoms with E-state index in [9.17, 15) is 0 Å². The quantitative estimate of drug-likeness (QED) is 0.0504. The fourth-order valence-electron chi connectivity index (χ4n) is 6.36. The highest BCUT2D eigenvalue weighted by molar-refractivity contribution is 5.27. The van der Waals surface area contributed by atoms with Crippen molar-refractivity contribution in [1.82, 2.24) is 0 Å². The van der Waals surface area contributed by atoms with Crippen LogP contribution in [-0.2, 0) is 41.3 Å². The van der Waals surface area contributed by atoms with Gasteiger partial charge in [0.2, 0.25) is 0 Å². The van der Waals surface area contributed by atoms with E-state index in [1.807, 2.05) is 0 Å². The summed E-state index contributed by atoms with van der Waals surface area (Å²) in [4.78, 5) is 0. The Labute approximate surface area is 310 Å². The minimum Gasteiger partial charge on any atom is -0.327 e. The third kappa shape index (κ3) is 22.8. The summed E-state index contributed by atoms with van der Waals surface area (Å²) in [6.45, 7) is 16.9. The second-order valence-corrected chi connectivity index (χ2v) is 14.2. The second-order valence-electron chi connectivity index (χ2n) is 14.2. The summed E-state index contributed by atoms with van der Waals surface area (Å²) in [5.74, 6) is -1.69. The zero-order chi connectivity index (χ0) is 36.4. The first-order valence-electron chi connectivity index (χ1n) is 21.4. The molecular weight excluding hydrogens is 624 g/mol. The van der Waals surface area contributed by atoms with Crippen LogP contribution in [0, 0.1) is 0 Å². The molecule has 0 saturated heterocycles. The van der Waals surface area contributed by atoms with Crippen LogP contribution in [0.25, 0.3) is 0 Å². The average molecular weight is 707 g/mol. The van der Waals surface area contributed by atoms with E-state index in [0.29, 0.717) is 39.6 Å². The van der Waals surface area contributed by atoms with E-state index in [-0.39, 0.29) is 0 Å². The number of hydrogen-bond donors (Lipinski definition) is 0. The van der Waals surface area contributed by atoms with Crippen molar-refractivity contribution >= 4 is 0 Å². The lowest BCUT2D eigenvalue weighted by atomic mass is 9.96. The Morgan fingerprint density at radius 2 is 0.580 bits per heavy atom. The van der Waals surface area contributed by atoms with Gasteiger partial charge in [0, 0.05) is 12.8 Å². The van der Waals surface area contributed by atoms with Gasteiger partial charge >= 0.3 is 0 Å². The minimum atomic E-state index is -0.846. The molecule has 1 rings (SSSR count). The van der Waals surface area contributed by atoms with E-state index in [1.54, 1.807) is 11.1 Å². The highest BCUT2D eigenvalue weighted by Crippen LogP contribution is 2.27. The molecule has 6 heteroatoms. The van der Waals surface area contributed by atoms with Crippen molar-refractivity contribution in [2.24, 2.45) is 0 Å². The predicted molar refractivity (Wildman–Crippen MR) is 211 cm³/mol. The van der Waals surface area contributed by atoms with Crippen LogP contribution in [0.3, 0.4) is 0 Å². The molecule has 0 aliphatic carbocycles. The fraction of sp³-hybridized carbons (Fsp3) is 0.864. The molecule has 1 aromatic rings. The third-order valence-electron chi connectivity index (χ3n) is 9.13. The Hall–Kier alpha value is -1.02. The molecule has 0 spiro atoms. The molecule has 0 saturated carbocycles. The molecule has 0 radical (unpaired) electrons. The summed E-state index contributed by atoms with van der Waals surface area (Å²) < 4.78 is 36.8. The van der Waals surface area contributed by atoms with Crippen molar-refractivity contribution in [2.45, 2.75) is 208 Å². The number of unbranched alkanes of at least 4 members (excludes halogenated alkanes) is 12. The van der Waals surface area contributed by atoms with E-state index in [2.05, 4.69) is 65.8 Å².